The van der Waals surface area contributed by atoms with Crippen LogP contribution in [-0.4, -0.2) is 46.7 Å². The molecule has 0 saturated carbocycles. The van der Waals surface area contributed by atoms with Crippen LogP contribution in [0.15, 0.2) is 18.3 Å². The number of nitrogens with zero attached hydrogens (tertiary/aromatic N) is 2. The third kappa shape index (κ3) is 9.12. The molecule has 0 aliphatic heterocycles. The fourth-order valence-electron chi connectivity index (χ4n) is 4.54. The summed E-state index contributed by atoms with van der Waals surface area (Å²) in [5.74, 6) is 0.296. The molecule has 2 amide bonds. The summed E-state index contributed by atoms with van der Waals surface area (Å²) in [5.41, 5.74) is -1.53. The van der Waals surface area contributed by atoms with Gasteiger partial charge in [0.15, 0.2) is 0 Å². The maximum absolute atomic E-state index is 13.3. The summed E-state index contributed by atoms with van der Waals surface area (Å²) >= 11 is -0.857. The van der Waals surface area contributed by atoms with Crippen LogP contribution in [0.4, 0.5) is 15.4 Å². The second kappa shape index (κ2) is 13.6. The van der Waals surface area contributed by atoms with Gasteiger partial charge in [-0.05, 0) is 0 Å². The van der Waals surface area contributed by atoms with Gasteiger partial charge in [0.2, 0.25) is 0 Å². The first-order chi connectivity index (χ1) is 17.3. The zero-order valence-electron chi connectivity index (χ0n) is 24.5. The minimum absolute atomic E-state index is 0.296. The number of ether oxygens (including phenoxy) is 2. The van der Waals surface area contributed by atoms with E-state index >= 15 is 0 Å². The zero-order chi connectivity index (χ0) is 27.9. The van der Waals surface area contributed by atoms with Crippen molar-refractivity contribution in [3.05, 3.63) is 18.3 Å². The molecule has 2 aromatic heterocycles. The molecule has 0 bridgehead atoms. The molecular weight excluding hydrogens is 591 g/mol. The van der Waals surface area contributed by atoms with Crippen LogP contribution in [0.5, 0.6) is 0 Å². The molecule has 2 aromatic rings. The van der Waals surface area contributed by atoms with Crippen LogP contribution in [0.2, 0.25) is 13.3 Å². The number of hydrogen-bond acceptors (Lipinski definition) is 6. The average molecular weight is 639 g/mol. The Morgan fingerprint density at radius 1 is 0.865 bits per heavy atom. The van der Waals surface area contributed by atoms with Crippen LogP contribution in [-0.2, 0) is 9.47 Å². The normalized spacial score (nSPS) is 12.6. The van der Waals surface area contributed by atoms with Crippen molar-refractivity contribution in [1.82, 2.24) is 4.98 Å². The molecule has 2 heterocycles. The van der Waals surface area contributed by atoms with Crippen molar-refractivity contribution in [2.75, 3.05) is 4.90 Å². The van der Waals surface area contributed by atoms with Crippen molar-refractivity contribution in [3.8, 4) is 0 Å². The van der Waals surface area contributed by atoms with Gasteiger partial charge >= 0.3 is 233 Å². The van der Waals surface area contributed by atoms with Gasteiger partial charge in [0.05, 0.1) is 0 Å². The number of anilines is 1. The van der Waals surface area contributed by atoms with E-state index in [9.17, 15) is 9.59 Å². The molecule has 0 aliphatic rings. The van der Waals surface area contributed by atoms with E-state index in [4.69, 9.17) is 9.47 Å². The molecule has 208 valence electrons. The van der Waals surface area contributed by atoms with Gasteiger partial charge in [-0.1, -0.05) is 0 Å². The Morgan fingerprint density at radius 2 is 1.32 bits per heavy atom. The SMILES string of the molecule is CCC[CH2][Sn]([CH2]CCC)([CH2]CCC)[c]1cc2c(N(C(=O)OC(C)(C)C)C(=O)OC(C)(C)C)nccc2s1. The van der Waals surface area contributed by atoms with Gasteiger partial charge in [-0.25, -0.2) is 0 Å². The Morgan fingerprint density at radius 3 is 1.73 bits per heavy atom. The predicted octanol–water partition coefficient (Wildman–Crippen LogP) is 9.03. The van der Waals surface area contributed by atoms with Crippen LogP contribution < -0.4 is 7.79 Å². The van der Waals surface area contributed by atoms with Crippen LogP contribution in [0.3, 0.4) is 0 Å². The number of fused-ring (bicyclic) bond motifs is 1. The first-order valence-corrected chi connectivity index (χ1v) is 22.2. The number of rotatable bonds is 11. The van der Waals surface area contributed by atoms with Gasteiger partial charge in [-0.15, -0.1) is 0 Å². The quantitative estimate of drug-likeness (QED) is 0.230. The summed E-state index contributed by atoms with van der Waals surface area (Å²) in [5, 5.41) is 0.838. The summed E-state index contributed by atoms with van der Waals surface area (Å²) in [6, 6.07) is 4.27. The Hall–Kier alpha value is -1.35. The standard InChI is InChI=1S/C17H21N2O4S.3C4H9.Sn/c1-16(2,3)22-14(20)19(15(21)23-17(4,5)6)13-11-8-10-24-12(11)7-9-18-13;3*1-3-4-2;/h7-9H,1-6H3;3*1,3-4H2,2H3;. The van der Waals surface area contributed by atoms with Gasteiger partial charge in [-0.2, -0.15) is 0 Å². The zero-order valence-corrected chi connectivity index (χ0v) is 28.2. The van der Waals surface area contributed by atoms with Crippen molar-refractivity contribution >= 4 is 60.7 Å². The number of hydrogen-bond donors (Lipinski definition) is 0. The molecule has 6 nitrogen and oxygen atoms in total. The molecule has 0 aromatic carbocycles. The number of carbonyl (C=O) groups is 2. The van der Waals surface area contributed by atoms with E-state index in [1.165, 1.54) is 54.7 Å². The third-order valence-corrected chi connectivity index (χ3v) is 25.6. The Labute approximate surface area is 232 Å². The summed E-state index contributed by atoms with van der Waals surface area (Å²) in [4.78, 5) is 32.2. The van der Waals surface area contributed by atoms with Crippen LogP contribution in [0, 0.1) is 0 Å². The first-order valence-electron chi connectivity index (χ1n) is 13.9. The van der Waals surface area contributed by atoms with E-state index in [1.54, 1.807) is 47.7 Å². The van der Waals surface area contributed by atoms with E-state index in [2.05, 4.69) is 31.8 Å². The van der Waals surface area contributed by atoms with E-state index in [1.807, 2.05) is 17.4 Å². The van der Waals surface area contributed by atoms with Crippen molar-refractivity contribution < 1.29 is 19.1 Å². The van der Waals surface area contributed by atoms with E-state index < -0.39 is 41.8 Å². The van der Waals surface area contributed by atoms with Crippen LogP contribution in [0.1, 0.15) is 101 Å². The van der Waals surface area contributed by atoms with Gasteiger partial charge < -0.3 is 0 Å². The Balaban J connectivity index is 2.69. The molecule has 8 heteroatoms. The second-order valence-electron chi connectivity index (χ2n) is 12.0. The van der Waals surface area contributed by atoms with Crippen molar-refractivity contribution in [3.63, 3.8) is 0 Å². The van der Waals surface area contributed by atoms with E-state index in [0.29, 0.717) is 5.82 Å². The number of amides is 2. The number of unbranched alkanes of at least 4 members (excludes halogenated alkanes) is 3. The molecule has 0 aliphatic carbocycles. The van der Waals surface area contributed by atoms with Crippen molar-refractivity contribution in [1.29, 1.82) is 0 Å². The molecule has 0 unspecified atom stereocenters. The molecule has 37 heavy (non-hydrogen) atoms. The summed E-state index contributed by atoms with van der Waals surface area (Å²) < 4.78 is 17.9. The van der Waals surface area contributed by atoms with E-state index in [0.717, 1.165) is 15.0 Å². The monoisotopic (exact) mass is 640 g/mol. The van der Waals surface area contributed by atoms with Gasteiger partial charge in [0.25, 0.3) is 0 Å². The van der Waals surface area contributed by atoms with Gasteiger partial charge in [-0.3, -0.25) is 0 Å². The van der Waals surface area contributed by atoms with Gasteiger partial charge in [0.1, 0.15) is 0 Å². The number of pyridine rings is 1. The summed E-state index contributed by atoms with van der Waals surface area (Å²) in [6.45, 7) is 17.5. The number of carbonyl (C=O) groups excluding carboxylic acids is 2. The Kier molecular flexibility index (Phi) is 11.7. The minimum atomic E-state index is -2.72. The molecule has 0 fully saturated rings. The second-order valence-corrected chi connectivity index (χ2v) is 27.3. The topological polar surface area (TPSA) is 68.7 Å². The van der Waals surface area contributed by atoms with Gasteiger partial charge in [0, 0.05) is 0 Å². The Bertz CT molecular complexity index is 989. The molecule has 2 rings (SSSR count). The number of thiophene rings is 1. The predicted molar refractivity (Wildman–Crippen MR) is 159 cm³/mol. The summed E-state index contributed by atoms with van der Waals surface area (Å²) in [7, 11) is 0. The molecular formula is C29H48N2O4SSn. The molecule has 0 atom stereocenters. The van der Waals surface area contributed by atoms with Crippen molar-refractivity contribution in [2.24, 2.45) is 0 Å². The first kappa shape index (κ1) is 31.9. The molecule has 0 saturated heterocycles. The fourth-order valence-corrected chi connectivity index (χ4v) is 24.8. The molecule has 0 N–H and O–H groups in total. The molecule has 0 spiro atoms. The molecule has 0 radical (unpaired) electrons. The van der Waals surface area contributed by atoms with Crippen molar-refractivity contribution in [2.45, 2.75) is 125 Å². The number of aromatic nitrogens is 1. The van der Waals surface area contributed by atoms with E-state index in [-0.39, 0.29) is 0 Å². The fraction of sp³-hybridized carbons (Fsp3) is 0.690. The number of imide groups is 1. The average Bonchev–Trinajstić information content (AvgIpc) is 3.22. The third-order valence-electron chi connectivity index (χ3n) is 6.34. The summed E-state index contributed by atoms with van der Waals surface area (Å²) in [6.07, 6.45) is 7.57. The van der Waals surface area contributed by atoms with Crippen LogP contribution >= 0.6 is 11.3 Å². The maximum atomic E-state index is 13.3. The van der Waals surface area contributed by atoms with Crippen LogP contribution in [0.25, 0.3) is 10.1 Å².